The number of carbonyl (C=O) groups excluding carboxylic acids is 1. The van der Waals surface area contributed by atoms with E-state index in [2.05, 4.69) is 25.2 Å². The lowest BCUT2D eigenvalue weighted by Gasteiger charge is -2.12. The van der Waals surface area contributed by atoms with Crippen LogP contribution in [0.1, 0.15) is 10.6 Å². The molecule has 1 amide bonds. The first-order valence-electron chi connectivity index (χ1n) is 5.61. The number of nitrogen functional groups attached to an aromatic ring is 1. The van der Waals surface area contributed by atoms with Crippen molar-refractivity contribution in [1.29, 1.82) is 0 Å². The SMILES string of the molecule is COc1ccc(OC(F)F)c(NC(=O)c2nc(N)n[nH]2)c1. The van der Waals surface area contributed by atoms with Crippen LogP contribution in [0.15, 0.2) is 18.2 Å². The molecule has 0 saturated carbocycles. The van der Waals surface area contributed by atoms with Gasteiger partial charge in [0.25, 0.3) is 5.91 Å². The fourth-order valence-corrected chi connectivity index (χ4v) is 1.49. The molecule has 0 aliphatic heterocycles. The van der Waals surface area contributed by atoms with Crippen molar-refractivity contribution in [3.05, 3.63) is 24.0 Å². The Morgan fingerprint density at radius 2 is 2.24 bits per heavy atom. The van der Waals surface area contributed by atoms with Gasteiger partial charge in [0.2, 0.25) is 11.8 Å². The zero-order chi connectivity index (χ0) is 15.4. The molecule has 4 N–H and O–H groups in total. The van der Waals surface area contributed by atoms with E-state index in [4.69, 9.17) is 10.5 Å². The predicted molar refractivity (Wildman–Crippen MR) is 68.4 cm³/mol. The van der Waals surface area contributed by atoms with Gasteiger partial charge in [0.15, 0.2) is 0 Å². The highest BCUT2D eigenvalue weighted by atomic mass is 19.3. The Bertz CT molecular complexity index is 647. The Hall–Kier alpha value is -2.91. The third-order valence-corrected chi connectivity index (χ3v) is 2.37. The van der Waals surface area contributed by atoms with Gasteiger partial charge in [-0.05, 0) is 12.1 Å². The molecule has 8 nitrogen and oxygen atoms in total. The molecular weight excluding hydrogens is 288 g/mol. The molecule has 0 aliphatic carbocycles. The number of benzene rings is 1. The molecular formula is C11H11F2N5O3. The molecule has 0 aliphatic rings. The number of hydrogen-bond acceptors (Lipinski definition) is 6. The van der Waals surface area contributed by atoms with Gasteiger partial charge in [-0.3, -0.25) is 9.89 Å². The quantitative estimate of drug-likeness (QED) is 0.765. The molecule has 2 aromatic rings. The van der Waals surface area contributed by atoms with Gasteiger partial charge in [0.05, 0.1) is 12.8 Å². The summed E-state index contributed by atoms with van der Waals surface area (Å²) in [6.07, 6.45) is 0. The first-order chi connectivity index (χ1) is 9.99. The molecule has 0 radical (unpaired) electrons. The molecule has 10 heteroatoms. The number of alkyl halides is 2. The van der Waals surface area contributed by atoms with Gasteiger partial charge in [0.1, 0.15) is 11.5 Å². The number of aromatic amines is 1. The van der Waals surface area contributed by atoms with Crippen LogP contribution < -0.4 is 20.5 Å². The second-order valence-electron chi connectivity index (χ2n) is 3.74. The minimum Gasteiger partial charge on any atom is -0.497 e. The van der Waals surface area contributed by atoms with E-state index < -0.39 is 12.5 Å². The maximum absolute atomic E-state index is 12.3. The molecule has 1 aromatic heterocycles. The highest BCUT2D eigenvalue weighted by Gasteiger charge is 2.16. The normalized spacial score (nSPS) is 10.5. The zero-order valence-electron chi connectivity index (χ0n) is 10.8. The minimum absolute atomic E-state index is 0.00498. The number of ether oxygens (including phenoxy) is 2. The van der Waals surface area contributed by atoms with Crippen LogP contribution in [0.3, 0.4) is 0 Å². The number of carbonyl (C=O) groups is 1. The number of rotatable bonds is 5. The molecule has 0 saturated heterocycles. The van der Waals surface area contributed by atoms with Crippen molar-refractivity contribution in [2.24, 2.45) is 0 Å². The average molecular weight is 299 g/mol. The second kappa shape index (κ2) is 6.03. The molecule has 1 aromatic carbocycles. The van der Waals surface area contributed by atoms with Crippen molar-refractivity contribution in [3.8, 4) is 11.5 Å². The van der Waals surface area contributed by atoms with Crippen molar-refractivity contribution in [1.82, 2.24) is 15.2 Å². The van der Waals surface area contributed by atoms with Crippen LogP contribution in [0.5, 0.6) is 11.5 Å². The lowest BCUT2D eigenvalue weighted by atomic mass is 10.2. The molecule has 0 fully saturated rings. The van der Waals surface area contributed by atoms with Gasteiger partial charge in [-0.2, -0.15) is 13.8 Å². The highest BCUT2D eigenvalue weighted by Crippen LogP contribution is 2.30. The summed E-state index contributed by atoms with van der Waals surface area (Å²) in [4.78, 5) is 15.5. The number of nitrogens with two attached hydrogens (primary N) is 1. The summed E-state index contributed by atoms with van der Waals surface area (Å²) in [7, 11) is 1.39. The number of amides is 1. The number of methoxy groups -OCH3 is 1. The zero-order valence-corrected chi connectivity index (χ0v) is 10.8. The maximum atomic E-state index is 12.3. The summed E-state index contributed by atoms with van der Waals surface area (Å²) in [6, 6.07) is 3.99. The van der Waals surface area contributed by atoms with Crippen LogP contribution in [-0.2, 0) is 0 Å². The molecule has 0 unspecified atom stereocenters. The maximum Gasteiger partial charge on any atom is 0.387 e. The molecule has 0 bridgehead atoms. The number of anilines is 2. The minimum atomic E-state index is -3.03. The van der Waals surface area contributed by atoms with Gasteiger partial charge in [-0.15, -0.1) is 5.10 Å². The lowest BCUT2D eigenvalue weighted by molar-refractivity contribution is -0.0494. The number of halogens is 2. The third-order valence-electron chi connectivity index (χ3n) is 2.37. The number of nitrogens with zero attached hydrogens (tertiary/aromatic N) is 2. The lowest BCUT2D eigenvalue weighted by Crippen LogP contribution is -2.15. The number of aromatic nitrogens is 3. The van der Waals surface area contributed by atoms with Crippen LogP contribution >= 0.6 is 0 Å². The van der Waals surface area contributed by atoms with Crippen molar-refractivity contribution in [3.63, 3.8) is 0 Å². The summed E-state index contributed by atoms with van der Waals surface area (Å²) < 4.78 is 33.9. The van der Waals surface area contributed by atoms with E-state index in [1.807, 2.05) is 0 Å². The summed E-state index contributed by atoms with van der Waals surface area (Å²) >= 11 is 0. The summed E-state index contributed by atoms with van der Waals surface area (Å²) in [5.41, 5.74) is 5.27. The Kier molecular flexibility index (Phi) is 4.16. The number of H-pyrrole nitrogens is 1. The Labute approximate surface area is 117 Å². The smallest absolute Gasteiger partial charge is 0.387 e. The fourth-order valence-electron chi connectivity index (χ4n) is 1.49. The Morgan fingerprint density at radius 3 is 2.81 bits per heavy atom. The van der Waals surface area contributed by atoms with E-state index in [9.17, 15) is 13.6 Å². The first kappa shape index (κ1) is 14.5. The Balaban J connectivity index is 2.25. The summed E-state index contributed by atoms with van der Waals surface area (Å²) in [5.74, 6) is -0.865. The third kappa shape index (κ3) is 3.55. The molecule has 1 heterocycles. The molecule has 21 heavy (non-hydrogen) atoms. The highest BCUT2D eigenvalue weighted by molar-refractivity contribution is 6.02. The van der Waals surface area contributed by atoms with Gasteiger partial charge in [-0.25, -0.2) is 0 Å². The average Bonchev–Trinajstić information content (AvgIpc) is 2.87. The van der Waals surface area contributed by atoms with Crippen LogP contribution in [0.25, 0.3) is 0 Å². The monoisotopic (exact) mass is 299 g/mol. The van der Waals surface area contributed by atoms with E-state index >= 15 is 0 Å². The molecule has 112 valence electrons. The number of nitrogens with one attached hydrogen (secondary N) is 2. The van der Waals surface area contributed by atoms with Crippen LogP contribution in [0.2, 0.25) is 0 Å². The standard InChI is InChI=1S/C11H11F2N5O3/c1-20-5-2-3-7(21-10(12)13)6(4-5)15-9(19)8-16-11(14)18-17-8/h2-4,10H,1H3,(H,15,19)(H3,14,16,17,18). The fraction of sp³-hybridized carbons (Fsp3) is 0.182. The van der Waals surface area contributed by atoms with Gasteiger partial charge in [0, 0.05) is 6.07 Å². The van der Waals surface area contributed by atoms with Crippen molar-refractivity contribution >= 4 is 17.5 Å². The van der Waals surface area contributed by atoms with E-state index in [0.717, 1.165) is 0 Å². The van der Waals surface area contributed by atoms with Crippen LogP contribution in [0, 0.1) is 0 Å². The predicted octanol–water partition coefficient (Wildman–Crippen LogP) is 1.25. The van der Waals surface area contributed by atoms with E-state index in [0.29, 0.717) is 5.75 Å². The van der Waals surface area contributed by atoms with Gasteiger partial charge >= 0.3 is 6.61 Å². The summed E-state index contributed by atoms with van der Waals surface area (Å²) in [6.45, 7) is -3.03. The van der Waals surface area contributed by atoms with E-state index in [1.54, 1.807) is 0 Å². The van der Waals surface area contributed by atoms with Crippen LogP contribution in [0.4, 0.5) is 20.4 Å². The van der Waals surface area contributed by atoms with E-state index in [-0.39, 0.29) is 23.2 Å². The van der Waals surface area contributed by atoms with Crippen LogP contribution in [-0.4, -0.2) is 34.8 Å². The molecule has 2 rings (SSSR count). The summed E-state index contributed by atoms with van der Waals surface area (Å²) in [5, 5.41) is 8.14. The van der Waals surface area contributed by atoms with Gasteiger partial charge < -0.3 is 20.5 Å². The van der Waals surface area contributed by atoms with E-state index in [1.165, 1.54) is 25.3 Å². The van der Waals surface area contributed by atoms with Crippen molar-refractivity contribution < 1.29 is 23.0 Å². The van der Waals surface area contributed by atoms with Gasteiger partial charge in [-0.1, -0.05) is 0 Å². The number of hydrogen-bond donors (Lipinski definition) is 3. The largest absolute Gasteiger partial charge is 0.497 e. The van der Waals surface area contributed by atoms with Crippen molar-refractivity contribution in [2.75, 3.05) is 18.2 Å². The topological polar surface area (TPSA) is 115 Å². The Morgan fingerprint density at radius 1 is 1.48 bits per heavy atom. The second-order valence-corrected chi connectivity index (χ2v) is 3.74. The molecule has 0 atom stereocenters. The van der Waals surface area contributed by atoms with Crippen molar-refractivity contribution in [2.45, 2.75) is 6.61 Å². The molecule has 0 spiro atoms. The first-order valence-corrected chi connectivity index (χ1v) is 5.61.